The third-order valence-corrected chi connectivity index (χ3v) is 7.50. The van der Waals surface area contributed by atoms with Crippen LogP contribution in [0.15, 0.2) is 65.8 Å². The van der Waals surface area contributed by atoms with Crippen molar-refractivity contribution in [3.8, 4) is 11.3 Å². The van der Waals surface area contributed by atoms with Crippen molar-refractivity contribution in [3.05, 3.63) is 72.1 Å². The number of benzene rings is 2. The normalized spacial score (nSPS) is 11.8. The Morgan fingerprint density at radius 3 is 2.39 bits per heavy atom. The number of H-pyrrole nitrogens is 1. The number of amides is 1. The summed E-state index contributed by atoms with van der Waals surface area (Å²) in [6.07, 6.45) is 3.26. The first-order valence-corrected chi connectivity index (χ1v) is 12.1. The Bertz CT molecular complexity index is 1390. The van der Waals surface area contributed by atoms with Crippen molar-refractivity contribution in [1.82, 2.24) is 20.3 Å². The van der Waals surface area contributed by atoms with E-state index in [0.717, 1.165) is 17.7 Å². The first-order chi connectivity index (χ1) is 15.8. The van der Waals surface area contributed by atoms with Crippen LogP contribution in [0.5, 0.6) is 0 Å². The highest BCUT2D eigenvalue weighted by Crippen LogP contribution is 2.26. The number of carbonyl (C=O) groups excluding carboxylic acids is 1. The number of rotatable bonds is 7. The van der Waals surface area contributed by atoms with E-state index in [2.05, 4.69) is 25.6 Å². The zero-order valence-electron chi connectivity index (χ0n) is 18.6. The fourth-order valence-corrected chi connectivity index (χ4v) is 4.45. The zero-order valence-corrected chi connectivity index (χ0v) is 19.4. The topological polar surface area (TPSA) is 117 Å². The maximum absolute atomic E-state index is 12.7. The first-order valence-electron chi connectivity index (χ1n) is 10.5. The monoisotopic (exact) mass is 463 g/mol. The number of nitrogens with one attached hydrogen (secondary N) is 3. The predicted octanol–water partition coefficient (Wildman–Crippen LogP) is 3.78. The molecule has 0 saturated heterocycles. The van der Waals surface area contributed by atoms with Crippen LogP contribution in [0.2, 0.25) is 0 Å². The molecule has 0 saturated carbocycles. The molecule has 2 heterocycles. The zero-order chi connectivity index (χ0) is 23.6. The molecule has 2 aromatic carbocycles. The number of hydrogen-bond acceptors (Lipinski definition) is 6. The Morgan fingerprint density at radius 2 is 1.76 bits per heavy atom. The van der Waals surface area contributed by atoms with Crippen LogP contribution in [0.1, 0.15) is 29.8 Å². The summed E-state index contributed by atoms with van der Waals surface area (Å²) in [5.74, 6) is -0.248. The number of hydrogen-bond donors (Lipinski definition) is 3. The highest BCUT2D eigenvalue weighted by atomic mass is 32.2. The maximum atomic E-state index is 12.7. The van der Waals surface area contributed by atoms with Gasteiger partial charge in [-0.15, -0.1) is 0 Å². The number of aromatic amines is 1. The van der Waals surface area contributed by atoms with Crippen LogP contribution in [-0.2, 0) is 16.4 Å². The second kappa shape index (κ2) is 9.13. The van der Waals surface area contributed by atoms with Gasteiger partial charge in [-0.25, -0.2) is 18.4 Å². The summed E-state index contributed by atoms with van der Waals surface area (Å²) >= 11 is 0. The van der Waals surface area contributed by atoms with E-state index in [9.17, 15) is 13.2 Å². The molecule has 2 aromatic heterocycles. The maximum Gasteiger partial charge on any atom is 0.255 e. The summed E-state index contributed by atoms with van der Waals surface area (Å²) in [6, 6.07) is 13.9. The summed E-state index contributed by atoms with van der Waals surface area (Å²) in [4.78, 5) is 25.1. The van der Waals surface area contributed by atoms with Crippen molar-refractivity contribution >= 4 is 32.6 Å². The van der Waals surface area contributed by atoms with E-state index in [1.807, 2.05) is 19.2 Å². The molecule has 0 unspecified atom stereocenters. The Morgan fingerprint density at radius 1 is 1.06 bits per heavy atom. The van der Waals surface area contributed by atoms with Crippen molar-refractivity contribution in [3.63, 3.8) is 0 Å². The molecule has 0 aliphatic carbocycles. The number of aromatic nitrogens is 3. The van der Waals surface area contributed by atoms with E-state index in [1.54, 1.807) is 62.6 Å². The van der Waals surface area contributed by atoms with Crippen molar-refractivity contribution in [2.75, 3.05) is 12.4 Å². The fraction of sp³-hybridized carbons (Fsp3) is 0.208. The highest BCUT2D eigenvalue weighted by molar-refractivity contribution is 7.92. The van der Waals surface area contributed by atoms with Crippen molar-refractivity contribution in [2.24, 2.45) is 0 Å². The average molecular weight is 464 g/mol. The van der Waals surface area contributed by atoms with Crippen LogP contribution < -0.4 is 10.6 Å². The highest BCUT2D eigenvalue weighted by Gasteiger charge is 2.19. The summed E-state index contributed by atoms with van der Waals surface area (Å²) < 4.78 is 24.7. The standard InChI is InChI=1S/C24H25N5O3S/c1-15(2)33(31,32)19-10-8-17(9-11-19)20-13-26-23-22(28-20)21(14-27-23)29-24(30)18-6-4-16(5-7-18)12-25-3/h4-11,13-15,25H,12H2,1-3H3,(H,26,27)(H,29,30). The van der Waals surface area contributed by atoms with Gasteiger partial charge in [0.25, 0.3) is 5.91 Å². The molecule has 0 radical (unpaired) electrons. The molecule has 0 aliphatic heterocycles. The molecule has 1 amide bonds. The fourth-order valence-electron chi connectivity index (χ4n) is 3.39. The van der Waals surface area contributed by atoms with E-state index in [-0.39, 0.29) is 10.8 Å². The second-order valence-corrected chi connectivity index (χ2v) is 10.5. The van der Waals surface area contributed by atoms with Crippen molar-refractivity contribution in [1.29, 1.82) is 0 Å². The third kappa shape index (κ3) is 4.64. The molecular weight excluding hydrogens is 438 g/mol. The van der Waals surface area contributed by atoms with Gasteiger partial charge in [-0.3, -0.25) is 4.79 Å². The number of nitrogens with zero attached hydrogens (tertiary/aromatic N) is 2. The van der Waals surface area contributed by atoms with Crippen molar-refractivity contribution in [2.45, 2.75) is 30.5 Å². The van der Waals surface area contributed by atoms with Crippen LogP contribution in [0.25, 0.3) is 22.4 Å². The molecule has 0 bridgehead atoms. The van der Waals surface area contributed by atoms with Gasteiger partial charge in [0.2, 0.25) is 0 Å². The smallest absolute Gasteiger partial charge is 0.255 e. The van der Waals surface area contributed by atoms with Gasteiger partial charge >= 0.3 is 0 Å². The van der Waals surface area contributed by atoms with Gasteiger partial charge in [-0.05, 0) is 50.7 Å². The van der Waals surface area contributed by atoms with Gasteiger partial charge in [0.1, 0.15) is 5.52 Å². The van der Waals surface area contributed by atoms with E-state index >= 15 is 0 Å². The van der Waals surface area contributed by atoms with Gasteiger partial charge in [0.15, 0.2) is 15.5 Å². The Hall–Kier alpha value is -3.56. The molecule has 3 N–H and O–H groups in total. The minimum Gasteiger partial charge on any atom is -0.343 e. The predicted molar refractivity (Wildman–Crippen MR) is 129 cm³/mol. The minimum atomic E-state index is -3.35. The molecular formula is C24H25N5O3S. The summed E-state index contributed by atoms with van der Waals surface area (Å²) in [5.41, 5.74) is 4.50. The molecule has 8 nitrogen and oxygen atoms in total. The molecule has 0 aliphatic rings. The van der Waals surface area contributed by atoms with E-state index in [4.69, 9.17) is 0 Å². The van der Waals surface area contributed by atoms with Crippen LogP contribution >= 0.6 is 0 Å². The largest absolute Gasteiger partial charge is 0.343 e. The van der Waals surface area contributed by atoms with Gasteiger partial charge in [-0.1, -0.05) is 24.3 Å². The van der Waals surface area contributed by atoms with Crippen LogP contribution in [0.4, 0.5) is 5.69 Å². The minimum absolute atomic E-state index is 0.248. The molecule has 0 atom stereocenters. The molecule has 170 valence electrons. The molecule has 4 rings (SSSR count). The Labute approximate surface area is 192 Å². The van der Waals surface area contributed by atoms with Gasteiger partial charge < -0.3 is 15.6 Å². The van der Waals surface area contributed by atoms with Gasteiger partial charge in [0, 0.05) is 23.9 Å². The molecule has 0 fully saturated rings. The lowest BCUT2D eigenvalue weighted by Gasteiger charge is -2.09. The van der Waals surface area contributed by atoms with E-state index < -0.39 is 15.1 Å². The first kappa shape index (κ1) is 22.6. The van der Waals surface area contributed by atoms with Crippen LogP contribution in [0, 0.1) is 0 Å². The number of carbonyl (C=O) groups is 1. The molecule has 4 aromatic rings. The third-order valence-electron chi connectivity index (χ3n) is 5.33. The van der Waals surface area contributed by atoms with Gasteiger partial charge in [0.05, 0.1) is 27.7 Å². The van der Waals surface area contributed by atoms with E-state index in [1.165, 1.54) is 0 Å². The molecule has 33 heavy (non-hydrogen) atoms. The summed E-state index contributed by atoms with van der Waals surface area (Å²) in [5, 5.41) is 5.46. The molecule has 9 heteroatoms. The summed E-state index contributed by atoms with van der Waals surface area (Å²) in [6.45, 7) is 4.04. The van der Waals surface area contributed by atoms with Crippen LogP contribution in [-0.4, -0.2) is 41.6 Å². The van der Waals surface area contributed by atoms with Gasteiger partial charge in [-0.2, -0.15) is 0 Å². The quantitative estimate of drug-likeness (QED) is 0.384. The lowest BCUT2D eigenvalue weighted by atomic mass is 10.1. The van der Waals surface area contributed by atoms with Crippen molar-refractivity contribution < 1.29 is 13.2 Å². The second-order valence-electron chi connectivity index (χ2n) is 7.95. The number of anilines is 1. The summed E-state index contributed by atoms with van der Waals surface area (Å²) in [7, 11) is -1.48. The lowest BCUT2D eigenvalue weighted by Crippen LogP contribution is -2.13. The molecule has 0 spiro atoms. The van der Waals surface area contributed by atoms with Crippen LogP contribution in [0.3, 0.4) is 0 Å². The van der Waals surface area contributed by atoms with E-state index in [0.29, 0.717) is 28.1 Å². The SMILES string of the molecule is CNCc1ccc(C(=O)Nc2c[nH]c3ncc(-c4ccc(S(=O)(=O)C(C)C)cc4)nc23)cc1. The Balaban J connectivity index is 1.59. The number of fused-ring (bicyclic) bond motifs is 1. The lowest BCUT2D eigenvalue weighted by molar-refractivity contribution is 0.102. The number of sulfone groups is 1. The Kier molecular flexibility index (Phi) is 6.26. The average Bonchev–Trinajstić information content (AvgIpc) is 3.21.